The number of nitrogens with one attached hydrogen (secondary N) is 1. The standard InChI is InChI=1S/C11H15N3O5S2/c1-12-21(18,19)9-2-3-10(11(8-9)14(15)16)13-4-6-20(17)7-5-13/h2-3,8,12H,4-7H2,1H3. The summed E-state index contributed by atoms with van der Waals surface area (Å²) in [7, 11) is -3.38. The Hall–Kier alpha value is -1.52. The molecule has 0 atom stereocenters. The Morgan fingerprint density at radius 3 is 2.48 bits per heavy atom. The van der Waals surface area contributed by atoms with Gasteiger partial charge in [0.15, 0.2) is 0 Å². The van der Waals surface area contributed by atoms with Crippen molar-refractivity contribution in [2.24, 2.45) is 0 Å². The highest BCUT2D eigenvalue weighted by molar-refractivity contribution is 7.89. The predicted octanol–water partition coefficient (Wildman–Crippen LogP) is 0.0716. The fourth-order valence-corrected chi connectivity index (χ4v) is 3.88. The molecule has 116 valence electrons. The van der Waals surface area contributed by atoms with Gasteiger partial charge in [-0.1, -0.05) is 0 Å². The van der Waals surface area contributed by atoms with E-state index < -0.39 is 25.7 Å². The van der Waals surface area contributed by atoms with Crippen LogP contribution in [0.1, 0.15) is 0 Å². The summed E-state index contributed by atoms with van der Waals surface area (Å²) in [6, 6.07) is 3.81. The first-order valence-electron chi connectivity index (χ1n) is 6.17. The fraction of sp³-hybridized carbons (Fsp3) is 0.455. The first-order chi connectivity index (χ1) is 9.85. The lowest BCUT2D eigenvalue weighted by Gasteiger charge is -2.28. The number of anilines is 1. The number of nitrogens with zero attached hydrogens (tertiary/aromatic N) is 2. The smallest absolute Gasteiger partial charge is 0.293 e. The molecule has 0 amide bonds. The number of benzene rings is 1. The van der Waals surface area contributed by atoms with Gasteiger partial charge in [0.25, 0.3) is 5.69 Å². The van der Waals surface area contributed by atoms with Crippen molar-refractivity contribution in [2.75, 3.05) is 36.5 Å². The van der Waals surface area contributed by atoms with E-state index >= 15 is 0 Å². The summed E-state index contributed by atoms with van der Waals surface area (Å²) in [6.07, 6.45) is 0. The van der Waals surface area contributed by atoms with Crippen LogP contribution in [0.3, 0.4) is 0 Å². The second kappa shape index (κ2) is 6.08. The van der Waals surface area contributed by atoms with Crippen LogP contribution < -0.4 is 9.62 Å². The second-order valence-electron chi connectivity index (χ2n) is 4.45. The lowest BCUT2D eigenvalue weighted by molar-refractivity contribution is -0.384. The zero-order valence-corrected chi connectivity index (χ0v) is 12.9. The normalized spacial score (nSPS) is 16.9. The van der Waals surface area contributed by atoms with Crippen LogP contribution in [0.25, 0.3) is 0 Å². The minimum absolute atomic E-state index is 0.152. The number of nitro groups is 1. The van der Waals surface area contributed by atoms with Crippen LogP contribution in [-0.4, -0.2) is 49.2 Å². The molecule has 1 fully saturated rings. The summed E-state index contributed by atoms with van der Waals surface area (Å²) in [6.45, 7) is 0.900. The summed E-state index contributed by atoms with van der Waals surface area (Å²) in [5, 5.41) is 11.2. The van der Waals surface area contributed by atoms with Crippen molar-refractivity contribution in [2.45, 2.75) is 4.90 Å². The Balaban J connectivity index is 2.43. The number of rotatable bonds is 4. The van der Waals surface area contributed by atoms with E-state index in [0.29, 0.717) is 30.3 Å². The third-order valence-electron chi connectivity index (χ3n) is 3.24. The second-order valence-corrected chi connectivity index (χ2v) is 8.03. The highest BCUT2D eigenvalue weighted by Crippen LogP contribution is 2.31. The van der Waals surface area contributed by atoms with E-state index in [0.717, 1.165) is 6.07 Å². The molecule has 1 N–H and O–H groups in total. The van der Waals surface area contributed by atoms with E-state index in [2.05, 4.69) is 4.72 Å². The zero-order chi connectivity index (χ0) is 15.6. The highest BCUT2D eigenvalue weighted by Gasteiger charge is 2.25. The van der Waals surface area contributed by atoms with Crippen LogP contribution in [0.2, 0.25) is 0 Å². The molecule has 0 aromatic heterocycles. The van der Waals surface area contributed by atoms with Crippen molar-refractivity contribution in [1.82, 2.24) is 4.72 Å². The van der Waals surface area contributed by atoms with Gasteiger partial charge in [0, 0.05) is 41.5 Å². The van der Waals surface area contributed by atoms with Crippen LogP contribution in [0, 0.1) is 10.1 Å². The largest absolute Gasteiger partial charge is 0.364 e. The Bertz CT molecular complexity index is 679. The maximum absolute atomic E-state index is 11.7. The van der Waals surface area contributed by atoms with Gasteiger partial charge in [0.05, 0.1) is 9.82 Å². The summed E-state index contributed by atoms with van der Waals surface area (Å²) in [5.74, 6) is 0.904. The van der Waals surface area contributed by atoms with E-state index in [1.807, 2.05) is 0 Å². The van der Waals surface area contributed by atoms with Crippen LogP contribution in [0.15, 0.2) is 23.1 Å². The molecule has 2 rings (SSSR count). The molecule has 10 heteroatoms. The molecule has 0 radical (unpaired) electrons. The van der Waals surface area contributed by atoms with Gasteiger partial charge in [-0.3, -0.25) is 14.3 Å². The van der Waals surface area contributed by atoms with Crippen LogP contribution in [-0.2, 0) is 20.8 Å². The lowest BCUT2D eigenvalue weighted by atomic mass is 10.2. The van der Waals surface area contributed by atoms with Crippen LogP contribution >= 0.6 is 0 Å². The van der Waals surface area contributed by atoms with Gasteiger partial charge in [-0.25, -0.2) is 13.1 Å². The van der Waals surface area contributed by atoms with Gasteiger partial charge < -0.3 is 4.90 Å². The van der Waals surface area contributed by atoms with Crippen molar-refractivity contribution in [3.63, 3.8) is 0 Å². The number of hydrogen-bond acceptors (Lipinski definition) is 6. The van der Waals surface area contributed by atoms with Crippen molar-refractivity contribution < 1.29 is 17.6 Å². The van der Waals surface area contributed by atoms with E-state index in [4.69, 9.17) is 0 Å². The molecule has 0 unspecified atom stereocenters. The quantitative estimate of drug-likeness (QED) is 0.617. The average Bonchev–Trinajstić information content (AvgIpc) is 2.47. The lowest BCUT2D eigenvalue weighted by Crippen LogP contribution is -2.38. The molecule has 1 saturated heterocycles. The average molecular weight is 333 g/mol. The van der Waals surface area contributed by atoms with Gasteiger partial charge >= 0.3 is 0 Å². The first-order valence-corrected chi connectivity index (χ1v) is 9.14. The van der Waals surface area contributed by atoms with E-state index in [9.17, 15) is 22.7 Å². The van der Waals surface area contributed by atoms with Gasteiger partial charge in [-0.15, -0.1) is 0 Å². The monoisotopic (exact) mass is 333 g/mol. The molecule has 1 aliphatic heterocycles. The fourth-order valence-electron chi connectivity index (χ4n) is 2.08. The molecule has 1 aliphatic rings. The van der Waals surface area contributed by atoms with Crippen LogP contribution in [0.4, 0.5) is 11.4 Å². The van der Waals surface area contributed by atoms with Gasteiger partial charge in [-0.05, 0) is 19.2 Å². The van der Waals surface area contributed by atoms with Crippen molar-refractivity contribution in [1.29, 1.82) is 0 Å². The van der Waals surface area contributed by atoms with Gasteiger partial charge in [-0.2, -0.15) is 0 Å². The Kier molecular flexibility index (Phi) is 4.59. The number of sulfonamides is 1. The molecular weight excluding hydrogens is 318 g/mol. The molecule has 1 aromatic rings. The van der Waals surface area contributed by atoms with Crippen molar-refractivity contribution >= 4 is 32.2 Å². The molecule has 1 aromatic carbocycles. The van der Waals surface area contributed by atoms with E-state index in [1.165, 1.54) is 19.2 Å². The van der Waals surface area contributed by atoms with Crippen molar-refractivity contribution in [3.05, 3.63) is 28.3 Å². The highest BCUT2D eigenvalue weighted by atomic mass is 32.2. The summed E-state index contributed by atoms with van der Waals surface area (Å²) in [5.41, 5.74) is 0.0887. The molecule has 0 aliphatic carbocycles. The molecule has 1 heterocycles. The first kappa shape index (κ1) is 15.9. The van der Waals surface area contributed by atoms with Gasteiger partial charge in [0.1, 0.15) is 5.69 Å². The number of hydrogen-bond donors (Lipinski definition) is 1. The topological polar surface area (TPSA) is 110 Å². The van der Waals surface area contributed by atoms with E-state index in [-0.39, 0.29) is 10.6 Å². The van der Waals surface area contributed by atoms with Gasteiger partial charge in [0.2, 0.25) is 10.0 Å². The molecule has 21 heavy (non-hydrogen) atoms. The predicted molar refractivity (Wildman–Crippen MR) is 79.4 cm³/mol. The van der Waals surface area contributed by atoms with Crippen molar-refractivity contribution in [3.8, 4) is 0 Å². The number of nitro benzene ring substituents is 1. The summed E-state index contributed by atoms with van der Waals surface area (Å²) >= 11 is 0. The molecular formula is C11H15N3O5S2. The minimum Gasteiger partial charge on any atom is -0.364 e. The maximum Gasteiger partial charge on any atom is 0.293 e. The Labute approximate surface area is 124 Å². The SMILES string of the molecule is CNS(=O)(=O)c1ccc(N2CCS(=O)CC2)c([N+](=O)[O-])c1. The third kappa shape index (κ3) is 3.39. The Morgan fingerprint density at radius 2 is 1.95 bits per heavy atom. The molecule has 0 saturated carbocycles. The van der Waals surface area contributed by atoms with Crippen LogP contribution in [0.5, 0.6) is 0 Å². The summed E-state index contributed by atoms with van der Waals surface area (Å²) < 4.78 is 36.9. The summed E-state index contributed by atoms with van der Waals surface area (Å²) in [4.78, 5) is 12.2. The zero-order valence-electron chi connectivity index (χ0n) is 11.3. The van der Waals surface area contributed by atoms with E-state index in [1.54, 1.807) is 4.90 Å². The minimum atomic E-state index is -3.73. The molecule has 0 spiro atoms. The maximum atomic E-state index is 11.7. The third-order valence-corrected chi connectivity index (χ3v) is 5.93. The Morgan fingerprint density at radius 1 is 1.33 bits per heavy atom. The molecule has 0 bridgehead atoms. The molecule has 8 nitrogen and oxygen atoms in total.